The molecule has 0 spiro atoms. The van der Waals surface area contributed by atoms with Gasteiger partial charge in [-0.05, 0) is 26.8 Å². The minimum Gasteiger partial charge on any atom is -0.490 e. The molecular formula is C12H20Cl2N2O3. The van der Waals surface area contributed by atoms with Crippen LogP contribution >= 0.6 is 24.8 Å². The molecule has 0 aliphatic carbocycles. The molecule has 0 saturated carbocycles. The van der Waals surface area contributed by atoms with Gasteiger partial charge >= 0.3 is 5.97 Å². The molecule has 5 nitrogen and oxygen atoms in total. The van der Waals surface area contributed by atoms with E-state index in [2.05, 4.69) is 4.98 Å². The maximum absolute atomic E-state index is 11.6. The average molecular weight is 311 g/mol. The van der Waals surface area contributed by atoms with Crippen LogP contribution in [0.3, 0.4) is 0 Å². The molecular weight excluding hydrogens is 291 g/mol. The second kappa shape index (κ2) is 9.83. The first-order chi connectivity index (χ1) is 8.04. The second-order valence-corrected chi connectivity index (χ2v) is 3.81. The monoisotopic (exact) mass is 310 g/mol. The first kappa shape index (κ1) is 20.3. The largest absolute Gasteiger partial charge is 0.490 e. The van der Waals surface area contributed by atoms with Crippen molar-refractivity contribution < 1.29 is 14.3 Å². The third-order valence-electron chi connectivity index (χ3n) is 2.07. The van der Waals surface area contributed by atoms with Crippen molar-refractivity contribution in [1.82, 2.24) is 4.98 Å². The molecule has 1 atom stereocenters. The van der Waals surface area contributed by atoms with Crippen molar-refractivity contribution >= 4 is 30.8 Å². The van der Waals surface area contributed by atoms with Crippen molar-refractivity contribution in [2.24, 2.45) is 5.73 Å². The molecule has 0 aromatic carbocycles. The van der Waals surface area contributed by atoms with Crippen molar-refractivity contribution in [3.05, 3.63) is 23.5 Å². The van der Waals surface area contributed by atoms with Gasteiger partial charge in [0, 0.05) is 6.04 Å². The average Bonchev–Trinajstić information content (AvgIpc) is 2.28. The fraction of sp³-hybridized carbons (Fsp3) is 0.500. The standard InChI is InChI=1S/C12H18N2O3.2ClH/c1-4-16-12(15)11-5-10(6-14-9(11)3)17-7-8(2)13;;/h5-6,8H,4,7,13H2,1-3H3;2*1H/t8-;;/m0../s1. The lowest BCUT2D eigenvalue weighted by molar-refractivity contribution is 0.0524. The van der Waals surface area contributed by atoms with Crippen molar-refractivity contribution in [3.8, 4) is 5.75 Å². The van der Waals surface area contributed by atoms with E-state index in [0.29, 0.717) is 30.2 Å². The number of halogens is 2. The summed E-state index contributed by atoms with van der Waals surface area (Å²) >= 11 is 0. The van der Waals surface area contributed by atoms with Crippen molar-refractivity contribution in [3.63, 3.8) is 0 Å². The Morgan fingerprint density at radius 1 is 1.47 bits per heavy atom. The van der Waals surface area contributed by atoms with Gasteiger partial charge in [-0.15, -0.1) is 24.8 Å². The Labute approximate surface area is 125 Å². The minimum absolute atomic E-state index is 0. The van der Waals surface area contributed by atoms with E-state index in [-0.39, 0.29) is 36.8 Å². The molecule has 1 heterocycles. The molecule has 0 aliphatic rings. The zero-order chi connectivity index (χ0) is 12.8. The van der Waals surface area contributed by atoms with Crippen LogP contribution < -0.4 is 10.5 Å². The number of nitrogens with two attached hydrogens (primary N) is 1. The highest BCUT2D eigenvalue weighted by atomic mass is 35.5. The van der Waals surface area contributed by atoms with E-state index in [9.17, 15) is 4.79 Å². The first-order valence-electron chi connectivity index (χ1n) is 5.56. The molecule has 2 N–H and O–H groups in total. The topological polar surface area (TPSA) is 74.4 Å². The number of esters is 1. The van der Waals surface area contributed by atoms with E-state index in [0.717, 1.165) is 0 Å². The van der Waals surface area contributed by atoms with Crippen LogP contribution in [0.2, 0.25) is 0 Å². The van der Waals surface area contributed by atoms with Gasteiger partial charge in [-0.2, -0.15) is 0 Å². The summed E-state index contributed by atoms with van der Waals surface area (Å²) in [6.45, 7) is 6.07. The molecule has 0 amide bonds. The van der Waals surface area contributed by atoms with Crippen LogP contribution in [-0.2, 0) is 4.74 Å². The third-order valence-corrected chi connectivity index (χ3v) is 2.07. The molecule has 7 heteroatoms. The molecule has 0 bridgehead atoms. The fourth-order valence-corrected chi connectivity index (χ4v) is 1.24. The van der Waals surface area contributed by atoms with Gasteiger partial charge in [0.1, 0.15) is 12.4 Å². The predicted molar refractivity (Wildman–Crippen MR) is 78.6 cm³/mol. The predicted octanol–water partition coefficient (Wildman–Crippen LogP) is 2.14. The highest BCUT2D eigenvalue weighted by Gasteiger charge is 2.12. The first-order valence-corrected chi connectivity index (χ1v) is 5.56. The van der Waals surface area contributed by atoms with E-state index in [4.69, 9.17) is 15.2 Å². The van der Waals surface area contributed by atoms with Crippen LogP contribution in [0.1, 0.15) is 29.9 Å². The van der Waals surface area contributed by atoms with Gasteiger partial charge < -0.3 is 15.2 Å². The number of carbonyl (C=O) groups excluding carboxylic acids is 1. The fourth-order valence-electron chi connectivity index (χ4n) is 1.24. The Bertz CT molecular complexity index is 401. The molecule has 1 aromatic rings. The summed E-state index contributed by atoms with van der Waals surface area (Å²) in [4.78, 5) is 15.7. The summed E-state index contributed by atoms with van der Waals surface area (Å²) < 4.78 is 10.3. The summed E-state index contributed by atoms with van der Waals surface area (Å²) in [7, 11) is 0. The number of aryl methyl sites for hydroxylation is 1. The summed E-state index contributed by atoms with van der Waals surface area (Å²) in [6, 6.07) is 1.56. The zero-order valence-corrected chi connectivity index (χ0v) is 12.8. The van der Waals surface area contributed by atoms with Crippen molar-refractivity contribution in [2.75, 3.05) is 13.2 Å². The number of pyridine rings is 1. The Morgan fingerprint density at radius 3 is 2.63 bits per heavy atom. The SMILES string of the molecule is CCOC(=O)c1cc(OC[C@H](C)N)cnc1C.Cl.Cl. The van der Waals surface area contributed by atoms with E-state index in [1.165, 1.54) is 0 Å². The molecule has 0 saturated heterocycles. The van der Waals surface area contributed by atoms with Gasteiger partial charge in [-0.3, -0.25) is 4.98 Å². The number of rotatable bonds is 5. The van der Waals surface area contributed by atoms with Gasteiger partial charge in [0.2, 0.25) is 0 Å². The van der Waals surface area contributed by atoms with E-state index >= 15 is 0 Å². The summed E-state index contributed by atoms with van der Waals surface area (Å²) in [5.41, 5.74) is 6.63. The molecule has 0 fully saturated rings. The normalized spacial score (nSPS) is 10.7. The molecule has 1 rings (SSSR count). The molecule has 110 valence electrons. The van der Waals surface area contributed by atoms with Crippen molar-refractivity contribution in [1.29, 1.82) is 0 Å². The number of ether oxygens (including phenoxy) is 2. The summed E-state index contributed by atoms with van der Waals surface area (Å²) in [6.07, 6.45) is 1.57. The Morgan fingerprint density at radius 2 is 2.11 bits per heavy atom. The molecule has 0 radical (unpaired) electrons. The van der Waals surface area contributed by atoms with Crippen LogP contribution in [0.25, 0.3) is 0 Å². The maximum atomic E-state index is 11.6. The minimum atomic E-state index is -0.385. The van der Waals surface area contributed by atoms with Gasteiger partial charge in [0.05, 0.1) is 24.1 Å². The van der Waals surface area contributed by atoms with Gasteiger partial charge in [0.25, 0.3) is 0 Å². The quantitative estimate of drug-likeness (QED) is 0.843. The van der Waals surface area contributed by atoms with Crippen LogP contribution in [0.5, 0.6) is 5.75 Å². The van der Waals surface area contributed by atoms with Crippen molar-refractivity contribution in [2.45, 2.75) is 26.8 Å². The number of nitrogens with zero attached hydrogens (tertiary/aromatic N) is 1. The Hall–Kier alpha value is -1.04. The number of carbonyl (C=O) groups is 1. The van der Waals surface area contributed by atoms with Gasteiger partial charge in [0.15, 0.2) is 0 Å². The lowest BCUT2D eigenvalue weighted by Gasteiger charge is -2.10. The number of hydrogen-bond donors (Lipinski definition) is 1. The summed E-state index contributed by atoms with van der Waals surface area (Å²) in [5.74, 6) is 0.139. The van der Waals surface area contributed by atoms with Crippen LogP contribution in [0.4, 0.5) is 0 Å². The second-order valence-electron chi connectivity index (χ2n) is 3.81. The lowest BCUT2D eigenvalue weighted by atomic mass is 10.2. The van der Waals surface area contributed by atoms with Crippen LogP contribution in [-0.4, -0.2) is 30.2 Å². The van der Waals surface area contributed by atoms with Crippen LogP contribution in [0.15, 0.2) is 12.3 Å². The highest BCUT2D eigenvalue weighted by molar-refractivity contribution is 5.90. The summed E-state index contributed by atoms with van der Waals surface area (Å²) in [5, 5.41) is 0. The third kappa shape index (κ3) is 6.61. The zero-order valence-electron chi connectivity index (χ0n) is 11.2. The molecule has 19 heavy (non-hydrogen) atoms. The van der Waals surface area contributed by atoms with Gasteiger partial charge in [-0.1, -0.05) is 0 Å². The molecule has 1 aromatic heterocycles. The van der Waals surface area contributed by atoms with E-state index in [1.807, 2.05) is 6.92 Å². The van der Waals surface area contributed by atoms with Gasteiger partial charge in [-0.25, -0.2) is 4.79 Å². The lowest BCUT2D eigenvalue weighted by Crippen LogP contribution is -2.23. The maximum Gasteiger partial charge on any atom is 0.340 e. The van der Waals surface area contributed by atoms with Crippen LogP contribution in [0, 0.1) is 6.92 Å². The molecule has 0 unspecified atom stereocenters. The Balaban J connectivity index is 0. The smallest absolute Gasteiger partial charge is 0.340 e. The highest BCUT2D eigenvalue weighted by Crippen LogP contribution is 2.16. The number of hydrogen-bond acceptors (Lipinski definition) is 5. The Kier molecular flexibility index (Phi) is 10.5. The van der Waals surface area contributed by atoms with E-state index < -0.39 is 0 Å². The van der Waals surface area contributed by atoms with E-state index in [1.54, 1.807) is 26.1 Å². The number of aromatic nitrogens is 1. The molecule has 0 aliphatic heterocycles.